The van der Waals surface area contributed by atoms with Gasteiger partial charge in [-0.05, 0) is 72.4 Å². The van der Waals surface area contributed by atoms with Gasteiger partial charge in [0.05, 0.1) is 15.4 Å². The number of aromatic nitrogens is 2. The van der Waals surface area contributed by atoms with E-state index in [2.05, 4.69) is 38.4 Å². The predicted octanol–water partition coefficient (Wildman–Crippen LogP) is 3.65. The summed E-state index contributed by atoms with van der Waals surface area (Å²) in [4.78, 5) is 0. The zero-order chi connectivity index (χ0) is 15.6. The second kappa shape index (κ2) is 6.43. The Morgan fingerprint density at radius 3 is 3.04 bits per heavy atom. The molecule has 1 aromatic heterocycles. The van der Waals surface area contributed by atoms with Crippen LogP contribution in [0.2, 0.25) is 5.02 Å². The third kappa shape index (κ3) is 3.04. The van der Waals surface area contributed by atoms with Crippen LogP contribution >= 0.6 is 23.1 Å². The average molecular weight is 345 g/mol. The lowest BCUT2D eigenvalue weighted by Crippen LogP contribution is -2.16. The molecule has 2 aromatic carbocycles. The van der Waals surface area contributed by atoms with E-state index in [9.17, 15) is 0 Å². The Labute approximate surface area is 144 Å². The molecule has 0 radical (unpaired) electrons. The van der Waals surface area contributed by atoms with Crippen molar-refractivity contribution in [2.75, 3.05) is 18.4 Å². The molecule has 1 aliphatic rings. The second-order valence-corrected chi connectivity index (χ2v) is 6.93. The number of halogens is 1. The molecular weight excluding hydrogens is 328 g/mol. The molecule has 0 spiro atoms. The topological polar surface area (TPSA) is 49.8 Å². The molecule has 23 heavy (non-hydrogen) atoms. The Balaban J connectivity index is 1.60. The van der Waals surface area contributed by atoms with Crippen LogP contribution in [0.4, 0.5) is 5.69 Å². The lowest BCUT2D eigenvalue weighted by Gasteiger charge is -2.16. The van der Waals surface area contributed by atoms with Gasteiger partial charge >= 0.3 is 0 Å². The van der Waals surface area contributed by atoms with Crippen molar-refractivity contribution in [2.45, 2.75) is 19.4 Å². The monoisotopic (exact) mass is 344 g/mol. The molecule has 2 heterocycles. The summed E-state index contributed by atoms with van der Waals surface area (Å²) in [5.74, 6) is 0. The first kappa shape index (κ1) is 14.9. The van der Waals surface area contributed by atoms with Gasteiger partial charge in [-0.2, -0.15) is 0 Å². The summed E-state index contributed by atoms with van der Waals surface area (Å²) < 4.78 is 5.10. The van der Waals surface area contributed by atoms with Crippen LogP contribution in [0, 0.1) is 0 Å². The van der Waals surface area contributed by atoms with Gasteiger partial charge in [-0.3, -0.25) is 0 Å². The highest BCUT2D eigenvalue weighted by atomic mass is 35.5. The van der Waals surface area contributed by atoms with Crippen LogP contribution in [0.25, 0.3) is 10.2 Å². The normalized spacial score (nSPS) is 14.5. The van der Waals surface area contributed by atoms with Gasteiger partial charge < -0.3 is 10.6 Å². The minimum Gasteiger partial charge on any atom is -0.380 e. The zero-order valence-corrected chi connectivity index (χ0v) is 14.2. The SMILES string of the molecule is Clc1ccc2c(c1NCc1ccc3nnsc3c1)CCNCC2. The standard InChI is InChI=1S/C17H17ClN4S/c18-14-3-2-12-5-7-19-8-6-13(12)17(14)20-10-11-1-4-15-16(9-11)23-22-21-15/h1-4,9,19-20H,5-8,10H2. The average Bonchev–Trinajstić information content (AvgIpc) is 2.90. The van der Waals surface area contributed by atoms with Crippen LogP contribution in [0.5, 0.6) is 0 Å². The fourth-order valence-electron chi connectivity index (χ4n) is 3.06. The molecule has 0 fully saturated rings. The third-order valence-corrected chi connectivity index (χ3v) is 5.27. The van der Waals surface area contributed by atoms with Gasteiger partial charge in [-0.1, -0.05) is 28.2 Å². The van der Waals surface area contributed by atoms with E-state index in [1.165, 1.54) is 28.2 Å². The Kier molecular flexibility index (Phi) is 4.16. The molecular formula is C17H17ClN4S. The molecule has 0 aliphatic carbocycles. The highest BCUT2D eigenvalue weighted by Gasteiger charge is 2.14. The van der Waals surface area contributed by atoms with Crippen molar-refractivity contribution >= 4 is 39.0 Å². The van der Waals surface area contributed by atoms with E-state index in [0.29, 0.717) is 0 Å². The summed E-state index contributed by atoms with van der Waals surface area (Å²) in [6.07, 6.45) is 2.07. The number of nitrogens with zero attached hydrogens (tertiary/aromatic N) is 2. The molecule has 0 saturated carbocycles. The van der Waals surface area contributed by atoms with Gasteiger partial charge in [0, 0.05) is 6.54 Å². The summed E-state index contributed by atoms with van der Waals surface area (Å²) in [5.41, 5.74) is 5.99. The molecule has 1 aliphatic heterocycles. The number of hydrogen-bond donors (Lipinski definition) is 2. The van der Waals surface area contributed by atoms with Crippen LogP contribution in [-0.4, -0.2) is 22.7 Å². The van der Waals surface area contributed by atoms with Gasteiger partial charge in [0.2, 0.25) is 0 Å². The predicted molar refractivity (Wildman–Crippen MR) is 96.5 cm³/mol. The van der Waals surface area contributed by atoms with Gasteiger partial charge in [0.15, 0.2) is 0 Å². The Hall–Kier alpha value is -1.69. The van der Waals surface area contributed by atoms with E-state index in [4.69, 9.17) is 11.6 Å². The van der Waals surface area contributed by atoms with Crippen molar-refractivity contribution in [2.24, 2.45) is 0 Å². The first-order valence-electron chi connectivity index (χ1n) is 7.77. The summed E-state index contributed by atoms with van der Waals surface area (Å²) in [7, 11) is 0. The number of rotatable bonds is 3. The summed E-state index contributed by atoms with van der Waals surface area (Å²) in [5, 5.41) is 11.9. The molecule has 4 rings (SSSR count). The largest absolute Gasteiger partial charge is 0.380 e. The number of nitrogens with one attached hydrogen (secondary N) is 2. The molecule has 0 atom stereocenters. The fraction of sp³-hybridized carbons (Fsp3) is 0.294. The van der Waals surface area contributed by atoms with Crippen molar-refractivity contribution in [3.8, 4) is 0 Å². The fourth-order valence-corrected chi connectivity index (χ4v) is 3.92. The van der Waals surface area contributed by atoms with Crippen LogP contribution in [0.15, 0.2) is 30.3 Å². The van der Waals surface area contributed by atoms with E-state index in [1.54, 1.807) is 0 Å². The van der Waals surface area contributed by atoms with Crippen LogP contribution in [-0.2, 0) is 19.4 Å². The number of benzene rings is 2. The second-order valence-electron chi connectivity index (χ2n) is 5.74. The molecule has 4 nitrogen and oxygen atoms in total. The van der Waals surface area contributed by atoms with Crippen molar-refractivity contribution in [3.63, 3.8) is 0 Å². The Morgan fingerprint density at radius 2 is 2.09 bits per heavy atom. The quantitative estimate of drug-likeness (QED) is 0.761. The molecule has 6 heteroatoms. The lowest BCUT2D eigenvalue weighted by molar-refractivity contribution is 0.711. The van der Waals surface area contributed by atoms with E-state index >= 15 is 0 Å². The molecule has 0 amide bonds. The molecule has 118 valence electrons. The van der Waals surface area contributed by atoms with Crippen molar-refractivity contribution in [1.82, 2.24) is 14.9 Å². The maximum Gasteiger partial charge on any atom is 0.105 e. The number of fused-ring (bicyclic) bond motifs is 2. The van der Waals surface area contributed by atoms with Crippen molar-refractivity contribution < 1.29 is 0 Å². The van der Waals surface area contributed by atoms with E-state index < -0.39 is 0 Å². The maximum atomic E-state index is 6.46. The molecule has 0 bridgehead atoms. The van der Waals surface area contributed by atoms with Gasteiger partial charge in [0.1, 0.15) is 5.52 Å². The third-order valence-electron chi connectivity index (χ3n) is 4.26. The molecule has 2 N–H and O–H groups in total. The summed E-state index contributed by atoms with van der Waals surface area (Å²) in [6.45, 7) is 2.78. The molecule has 0 saturated heterocycles. The van der Waals surface area contributed by atoms with Crippen LogP contribution in [0.3, 0.4) is 0 Å². The van der Waals surface area contributed by atoms with Gasteiger partial charge in [-0.25, -0.2) is 0 Å². The minimum atomic E-state index is 0.747. The van der Waals surface area contributed by atoms with Crippen LogP contribution < -0.4 is 10.6 Å². The van der Waals surface area contributed by atoms with Crippen LogP contribution in [0.1, 0.15) is 16.7 Å². The van der Waals surface area contributed by atoms with E-state index in [1.807, 2.05) is 12.1 Å². The van der Waals surface area contributed by atoms with Gasteiger partial charge in [-0.15, -0.1) is 5.10 Å². The van der Waals surface area contributed by atoms with E-state index in [0.717, 1.165) is 53.4 Å². The molecule has 0 unspecified atom stereocenters. The zero-order valence-electron chi connectivity index (χ0n) is 12.6. The minimum absolute atomic E-state index is 0.747. The Morgan fingerprint density at radius 1 is 1.17 bits per heavy atom. The van der Waals surface area contributed by atoms with Crippen molar-refractivity contribution in [1.29, 1.82) is 0 Å². The Bertz CT molecular complexity index is 846. The lowest BCUT2D eigenvalue weighted by atomic mass is 10.0. The number of hydrogen-bond acceptors (Lipinski definition) is 5. The first-order chi connectivity index (χ1) is 11.3. The van der Waals surface area contributed by atoms with Gasteiger partial charge in [0.25, 0.3) is 0 Å². The smallest absolute Gasteiger partial charge is 0.105 e. The molecule has 3 aromatic rings. The summed E-state index contributed by atoms with van der Waals surface area (Å²) in [6, 6.07) is 10.4. The highest BCUT2D eigenvalue weighted by molar-refractivity contribution is 7.12. The summed E-state index contributed by atoms with van der Waals surface area (Å²) >= 11 is 7.89. The maximum absolute atomic E-state index is 6.46. The van der Waals surface area contributed by atoms with E-state index in [-0.39, 0.29) is 0 Å². The highest BCUT2D eigenvalue weighted by Crippen LogP contribution is 2.31. The first-order valence-corrected chi connectivity index (χ1v) is 8.92. The van der Waals surface area contributed by atoms with Crippen molar-refractivity contribution in [3.05, 3.63) is 52.0 Å². The number of anilines is 1.